The predicted molar refractivity (Wildman–Crippen MR) is 137 cm³/mol. The Labute approximate surface area is 211 Å². The summed E-state index contributed by atoms with van der Waals surface area (Å²) in [5, 5.41) is 10.3. The van der Waals surface area contributed by atoms with Gasteiger partial charge in [-0.05, 0) is 66.2 Å². The maximum Gasteiger partial charge on any atom is 0.335 e. The van der Waals surface area contributed by atoms with Crippen LogP contribution in [0.4, 0.5) is 5.69 Å². The molecular weight excluding hydrogens is 485 g/mol. The van der Waals surface area contributed by atoms with Crippen molar-refractivity contribution in [3.63, 3.8) is 0 Å². The summed E-state index contributed by atoms with van der Waals surface area (Å²) in [4.78, 5) is 26.5. The minimum atomic E-state index is -1.06. The van der Waals surface area contributed by atoms with Crippen LogP contribution in [0.25, 0.3) is 23.1 Å². The standard InChI is InChI=1S/C28H17Cl2NO4/c29-23-11-9-18(15-24(23)30)26-12-10-22(35-26)14-20-16-25(17-5-2-1-3-6-17)31(27(20)32)21-8-4-7-19(13-21)28(33)34/h1-16H,(H,33,34)/b20-14+. The van der Waals surface area contributed by atoms with Crippen LogP contribution in [0.2, 0.25) is 10.0 Å². The Hall–Kier alpha value is -4.06. The second kappa shape index (κ2) is 9.29. The number of furan rings is 1. The number of halogens is 2. The van der Waals surface area contributed by atoms with Gasteiger partial charge in [0.05, 0.1) is 27.0 Å². The van der Waals surface area contributed by atoms with Crippen molar-refractivity contribution < 1.29 is 19.1 Å². The van der Waals surface area contributed by atoms with Gasteiger partial charge in [0.15, 0.2) is 0 Å². The van der Waals surface area contributed by atoms with Gasteiger partial charge >= 0.3 is 5.97 Å². The van der Waals surface area contributed by atoms with Crippen LogP contribution in [0, 0.1) is 0 Å². The molecule has 172 valence electrons. The number of hydrogen-bond acceptors (Lipinski definition) is 3. The van der Waals surface area contributed by atoms with Gasteiger partial charge in [0, 0.05) is 11.1 Å². The van der Waals surface area contributed by atoms with E-state index in [1.54, 1.807) is 54.6 Å². The summed E-state index contributed by atoms with van der Waals surface area (Å²) in [6, 6.07) is 24.5. The van der Waals surface area contributed by atoms with E-state index in [9.17, 15) is 14.7 Å². The maximum atomic E-state index is 13.5. The number of hydrogen-bond donors (Lipinski definition) is 1. The normalized spacial score (nSPS) is 14.5. The molecule has 0 saturated carbocycles. The number of nitrogens with zero attached hydrogens (tertiary/aromatic N) is 1. The average molecular weight is 502 g/mol. The SMILES string of the molecule is O=C(O)c1cccc(N2C(=O)/C(=C/c3ccc(-c4ccc(Cl)c(Cl)c4)o3)C=C2c2ccccc2)c1. The van der Waals surface area contributed by atoms with Gasteiger partial charge in [0.1, 0.15) is 11.5 Å². The van der Waals surface area contributed by atoms with E-state index >= 15 is 0 Å². The van der Waals surface area contributed by atoms with Gasteiger partial charge in [-0.3, -0.25) is 9.69 Å². The summed E-state index contributed by atoms with van der Waals surface area (Å²) >= 11 is 12.1. The fourth-order valence-corrected chi connectivity index (χ4v) is 4.16. The van der Waals surface area contributed by atoms with Crippen molar-refractivity contribution in [2.24, 2.45) is 0 Å². The zero-order valence-corrected chi connectivity index (χ0v) is 19.6. The lowest BCUT2D eigenvalue weighted by atomic mass is 10.1. The Kier molecular flexibility index (Phi) is 6.03. The molecule has 35 heavy (non-hydrogen) atoms. The highest BCUT2D eigenvalue weighted by Crippen LogP contribution is 2.36. The minimum Gasteiger partial charge on any atom is -0.478 e. The van der Waals surface area contributed by atoms with Gasteiger partial charge in [-0.1, -0.05) is 59.6 Å². The van der Waals surface area contributed by atoms with Crippen LogP contribution >= 0.6 is 23.2 Å². The number of anilines is 1. The Morgan fingerprint density at radius 3 is 2.40 bits per heavy atom. The largest absolute Gasteiger partial charge is 0.478 e. The lowest BCUT2D eigenvalue weighted by Crippen LogP contribution is -2.25. The van der Waals surface area contributed by atoms with Crippen molar-refractivity contribution in [2.75, 3.05) is 4.90 Å². The van der Waals surface area contributed by atoms with E-state index in [0.717, 1.165) is 11.1 Å². The Bertz CT molecular complexity index is 1520. The van der Waals surface area contributed by atoms with Crippen LogP contribution in [0.1, 0.15) is 21.7 Å². The third kappa shape index (κ3) is 4.52. The molecule has 5 nitrogen and oxygen atoms in total. The number of carboxylic acid groups (broad SMARTS) is 1. The molecule has 0 radical (unpaired) electrons. The van der Waals surface area contributed by atoms with Gasteiger partial charge in [-0.2, -0.15) is 0 Å². The molecule has 4 aromatic rings. The summed E-state index contributed by atoms with van der Waals surface area (Å²) in [5.74, 6) is -0.290. The monoisotopic (exact) mass is 501 g/mol. The highest BCUT2D eigenvalue weighted by molar-refractivity contribution is 6.42. The lowest BCUT2D eigenvalue weighted by Gasteiger charge is -2.21. The Balaban J connectivity index is 1.55. The summed E-state index contributed by atoms with van der Waals surface area (Å²) in [7, 11) is 0. The van der Waals surface area contributed by atoms with Gasteiger partial charge in [-0.25, -0.2) is 4.79 Å². The Morgan fingerprint density at radius 1 is 0.857 bits per heavy atom. The third-order valence-corrected chi connectivity index (χ3v) is 6.27. The molecule has 0 spiro atoms. The first kappa shape index (κ1) is 22.7. The average Bonchev–Trinajstić information content (AvgIpc) is 3.46. The topological polar surface area (TPSA) is 70.8 Å². The predicted octanol–water partition coefficient (Wildman–Crippen LogP) is 7.42. The number of amides is 1. The van der Waals surface area contributed by atoms with Crippen LogP contribution in [0.3, 0.4) is 0 Å². The van der Waals surface area contributed by atoms with Crippen molar-refractivity contribution in [1.82, 2.24) is 0 Å². The zero-order valence-electron chi connectivity index (χ0n) is 18.1. The van der Waals surface area contributed by atoms with Gasteiger partial charge in [0.25, 0.3) is 5.91 Å². The molecule has 0 fully saturated rings. The zero-order chi connectivity index (χ0) is 24.5. The maximum absolute atomic E-state index is 13.5. The number of carbonyl (C=O) groups excluding carboxylic acids is 1. The first-order valence-electron chi connectivity index (χ1n) is 10.6. The minimum absolute atomic E-state index is 0.0949. The van der Waals surface area contributed by atoms with E-state index in [1.807, 2.05) is 30.3 Å². The lowest BCUT2D eigenvalue weighted by molar-refractivity contribution is -0.113. The molecule has 0 aliphatic carbocycles. The summed E-state index contributed by atoms with van der Waals surface area (Å²) in [6.07, 6.45) is 3.43. The van der Waals surface area contributed by atoms with Crippen LogP contribution in [-0.4, -0.2) is 17.0 Å². The molecule has 5 rings (SSSR count). The summed E-state index contributed by atoms with van der Waals surface area (Å²) in [5.41, 5.74) is 3.18. The van der Waals surface area contributed by atoms with Gasteiger partial charge in [0.2, 0.25) is 0 Å². The van der Waals surface area contributed by atoms with Crippen LogP contribution < -0.4 is 4.90 Å². The quantitative estimate of drug-likeness (QED) is 0.288. The summed E-state index contributed by atoms with van der Waals surface area (Å²) < 4.78 is 5.95. The molecule has 0 unspecified atom stereocenters. The number of carboxylic acids is 1. The summed E-state index contributed by atoms with van der Waals surface area (Å²) in [6.45, 7) is 0. The fourth-order valence-electron chi connectivity index (χ4n) is 3.86. The first-order chi connectivity index (χ1) is 16.9. The van der Waals surface area contributed by atoms with E-state index < -0.39 is 5.97 Å². The molecule has 1 aromatic heterocycles. The molecule has 0 bridgehead atoms. The molecule has 3 aromatic carbocycles. The van der Waals surface area contributed by atoms with Crippen molar-refractivity contribution in [3.05, 3.63) is 124 Å². The van der Waals surface area contributed by atoms with Crippen LogP contribution in [-0.2, 0) is 4.79 Å². The molecule has 7 heteroatoms. The van der Waals surface area contributed by atoms with E-state index in [4.69, 9.17) is 27.6 Å². The third-order valence-electron chi connectivity index (χ3n) is 5.53. The number of rotatable bonds is 5. The molecule has 1 aliphatic rings. The molecular formula is C28H17Cl2NO4. The molecule has 0 atom stereocenters. The highest BCUT2D eigenvalue weighted by atomic mass is 35.5. The van der Waals surface area contributed by atoms with Crippen molar-refractivity contribution in [2.45, 2.75) is 0 Å². The number of aromatic carboxylic acids is 1. The molecule has 1 amide bonds. The van der Waals surface area contributed by atoms with E-state index in [-0.39, 0.29) is 11.5 Å². The van der Waals surface area contributed by atoms with Gasteiger partial charge < -0.3 is 9.52 Å². The first-order valence-corrected chi connectivity index (χ1v) is 11.4. The number of carbonyl (C=O) groups is 2. The molecule has 0 saturated heterocycles. The smallest absolute Gasteiger partial charge is 0.335 e. The van der Waals surface area contributed by atoms with Crippen LogP contribution in [0.15, 0.2) is 101 Å². The molecule has 1 N–H and O–H groups in total. The van der Waals surface area contributed by atoms with E-state index in [0.29, 0.717) is 38.5 Å². The van der Waals surface area contributed by atoms with E-state index in [1.165, 1.54) is 17.0 Å². The van der Waals surface area contributed by atoms with Gasteiger partial charge in [-0.15, -0.1) is 0 Å². The molecule has 1 aliphatic heterocycles. The Morgan fingerprint density at radius 2 is 1.66 bits per heavy atom. The highest BCUT2D eigenvalue weighted by Gasteiger charge is 2.31. The van der Waals surface area contributed by atoms with Crippen molar-refractivity contribution in [1.29, 1.82) is 0 Å². The van der Waals surface area contributed by atoms with E-state index in [2.05, 4.69) is 0 Å². The number of benzene rings is 3. The van der Waals surface area contributed by atoms with Crippen molar-refractivity contribution >= 4 is 52.5 Å². The van der Waals surface area contributed by atoms with Crippen LogP contribution in [0.5, 0.6) is 0 Å². The fraction of sp³-hybridized carbons (Fsp3) is 0. The van der Waals surface area contributed by atoms with Crippen molar-refractivity contribution in [3.8, 4) is 11.3 Å². The molecule has 2 heterocycles. The second-order valence-electron chi connectivity index (χ2n) is 7.82. The second-order valence-corrected chi connectivity index (χ2v) is 8.64.